The van der Waals surface area contributed by atoms with E-state index in [-0.39, 0.29) is 5.75 Å². The van der Waals surface area contributed by atoms with Crippen LogP contribution in [0.3, 0.4) is 0 Å². The maximum Gasteiger partial charge on any atom is 0.269 e. The molecule has 2 amide bonds. The summed E-state index contributed by atoms with van der Waals surface area (Å²) >= 11 is 1.05. The smallest absolute Gasteiger partial charge is 0.269 e. The number of hydrogen-bond acceptors (Lipinski definition) is 5. The van der Waals surface area contributed by atoms with Crippen molar-refractivity contribution in [3.05, 3.63) is 53.8 Å². The van der Waals surface area contributed by atoms with Gasteiger partial charge in [0.15, 0.2) is 11.5 Å². The molecular weight excluding hydrogens is 395 g/mol. The Labute approximate surface area is 174 Å². The van der Waals surface area contributed by atoms with Gasteiger partial charge in [0.2, 0.25) is 5.91 Å². The zero-order chi connectivity index (χ0) is 21.2. The van der Waals surface area contributed by atoms with E-state index in [1.165, 1.54) is 6.07 Å². The van der Waals surface area contributed by atoms with E-state index in [1.54, 1.807) is 36.4 Å². The molecule has 2 rings (SSSR count). The summed E-state index contributed by atoms with van der Waals surface area (Å²) in [6, 6.07) is 11.0. The van der Waals surface area contributed by atoms with Crippen LogP contribution in [0.25, 0.3) is 0 Å². The number of thioether (sulfide) groups is 1. The van der Waals surface area contributed by atoms with Crippen LogP contribution >= 0.6 is 11.8 Å². The predicted octanol–water partition coefficient (Wildman–Crippen LogP) is 3.81. The zero-order valence-corrected chi connectivity index (χ0v) is 17.5. The minimum Gasteiger partial charge on any atom is -0.490 e. The molecule has 2 aromatic rings. The van der Waals surface area contributed by atoms with Crippen molar-refractivity contribution in [2.24, 2.45) is 5.92 Å². The number of amides is 2. The fraction of sp³-hybridized carbons (Fsp3) is 0.333. The van der Waals surface area contributed by atoms with Crippen LogP contribution in [-0.4, -0.2) is 30.8 Å². The second-order valence-corrected chi connectivity index (χ2v) is 7.54. The highest BCUT2D eigenvalue weighted by Crippen LogP contribution is 2.29. The molecule has 6 nitrogen and oxygen atoms in total. The van der Waals surface area contributed by atoms with Gasteiger partial charge in [0.05, 0.1) is 19.0 Å². The molecule has 0 radical (unpaired) electrons. The topological polar surface area (TPSA) is 76.7 Å². The number of carbonyl (C=O) groups is 2. The Balaban J connectivity index is 1.91. The molecule has 0 spiro atoms. The Morgan fingerprint density at radius 1 is 1.07 bits per heavy atom. The summed E-state index contributed by atoms with van der Waals surface area (Å²) in [6.45, 7) is 6.87. The highest BCUT2D eigenvalue weighted by Gasteiger charge is 2.13. The van der Waals surface area contributed by atoms with Gasteiger partial charge in [-0.1, -0.05) is 26.0 Å². The van der Waals surface area contributed by atoms with E-state index >= 15 is 0 Å². The van der Waals surface area contributed by atoms with Gasteiger partial charge in [0.1, 0.15) is 5.82 Å². The van der Waals surface area contributed by atoms with Crippen LogP contribution in [0.15, 0.2) is 47.4 Å². The Morgan fingerprint density at radius 3 is 2.52 bits per heavy atom. The highest BCUT2D eigenvalue weighted by atomic mass is 32.2. The lowest BCUT2D eigenvalue weighted by Crippen LogP contribution is -2.42. The molecule has 0 bridgehead atoms. The maximum atomic E-state index is 13.6. The number of rotatable bonds is 9. The Hall–Kier alpha value is -2.74. The van der Waals surface area contributed by atoms with Gasteiger partial charge in [0, 0.05) is 10.5 Å². The monoisotopic (exact) mass is 420 g/mol. The van der Waals surface area contributed by atoms with Crippen molar-refractivity contribution in [1.29, 1.82) is 0 Å². The molecule has 0 aliphatic carbocycles. The van der Waals surface area contributed by atoms with Crippen LogP contribution in [0.4, 0.5) is 4.39 Å². The molecule has 156 valence electrons. The second kappa shape index (κ2) is 11.3. The largest absolute Gasteiger partial charge is 0.490 e. The minimum absolute atomic E-state index is 0.0343. The predicted molar refractivity (Wildman–Crippen MR) is 111 cm³/mol. The van der Waals surface area contributed by atoms with Crippen molar-refractivity contribution in [3.63, 3.8) is 0 Å². The molecule has 29 heavy (non-hydrogen) atoms. The summed E-state index contributed by atoms with van der Waals surface area (Å²) in [6.07, 6.45) is 0. The molecule has 2 aromatic carbocycles. The number of benzene rings is 2. The summed E-state index contributed by atoms with van der Waals surface area (Å²) in [4.78, 5) is 24.6. The van der Waals surface area contributed by atoms with E-state index in [2.05, 4.69) is 10.9 Å². The van der Waals surface area contributed by atoms with E-state index in [4.69, 9.17) is 9.47 Å². The van der Waals surface area contributed by atoms with Gasteiger partial charge in [-0.2, -0.15) is 0 Å². The van der Waals surface area contributed by atoms with Crippen molar-refractivity contribution < 1.29 is 23.5 Å². The Morgan fingerprint density at radius 2 is 1.83 bits per heavy atom. The minimum atomic E-state index is -0.495. The van der Waals surface area contributed by atoms with E-state index in [1.807, 2.05) is 20.8 Å². The van der Waals surface area contributed by atoms with Crippen LogP contribution in [0, 0.1) is 11.7 Å². The normalized spacial score (nSPS) is 10.5. The molecule has 8 heteroatoms. The molecule has 0 aliphatic heterocycles. The molecule has 0 aromatic heterocycles. The third-order valence-corrected chi connectivity index (χ3v) is 4.64. The summed E-state index contributed by atoms with van der Waals surface area (Å²) in [7, 11) is 0. The highest BCUT2D eigenvalue weighted by molar-refractivity contribution is 8.00. The fourth-order valence-corrected chi connectivity index (χ4v) is 2.97. The summed E-state index contributed by atoms with van der Waals surface area (Å²) in [5.41, 5.74) is 4.98. The van der Waals surface area contributed by atoms with Gasteiger partial charge < -0.3 is 9.47 Å². The van der Waals surface area contributed by atoms with Crippen LogP contribution in [0.2, 0.25) is 0 Å². The number of hydrazine groups is 1. The Kier molecular flexibility index (Phi) is 8.79. The van der Waals surface area contributed by atoms with Gasteiger partial charge in [-0.05, 0) is 43.2 Å². The first-order valence-electron chi connectivity index (χ1n) is 9.26. The fourth-order valence-electron chi connectivity index (χ4n) is 2.23. The lowest BCUT2D eigenvalue weighted by atomic mass is 10.2. The lowest BCUT2D eigenvalue weighted by Gasteiger charge is -2.14. The van der Waals surface area contributed by atoms with Crippen LogP contribution in [-0.2, 0) is 4.79 Å². The molecular formula is C21H25FN2O4S. The molecule has 0 heterocycles. The molecule has 0 fully saturated rings. The quantitative estimate of drug-likeness (QED) is 0.477. The molecule has 0 unspecified atom stereocenters. The molecule has 0 saturated carbocycles. The SMILES string of the molecule is CCOc1cc(C(=O)NNC(=O)CSc2ccccc2F)ccc1OCC(C)C. The summed E-state index contributed by atoms with van der Waals surface area (Å²) in [5, 5.41) is 0. The number of hydrogen-bond donors (Lipinski definition) is 2. The van der Waals surface area contributed by atoms with Gasteiger partial charge in [-0.25, -0.2) is 4.39 Å². The zero-order valence-electron chi connectivity index (χ0n) is 16.7. The molecule has 0 saturated heterocycles. The number of nitrogens with one attached hydrogen (secondary N) is 2. The van der Waals surface area contributed by atoms with Crippen LogP contribution in [0.5, 0.6) is 11.5 Å². The van der Waals surface area contributed by atoms with Crippen LogP contribution in [0.1, 0.15) is 31.1 Å². The first kappa shape index (κ1) is 22.5. The Bertz CT molecular complexity index is 845. The average Bonchev–Trinajstić information content (AvgIpc) is 2.70. The van der Waals surface area contributed by atoms with E-state index < -0.39 is 17.6 Å². The standard InChI is InChI=1S/C21H25FN2O4S/c1-4-27-18-11-15(9-10-17(18)28-12-14(2)3)21(26)24-23-20(25)13-29-19-8-6-5-7-16(19)22/h5-11,14H,4,12-13H2,1-3H3,(H,23,25)(H,24,26). The molecule has 0 aliphatic rings. The van der Waals surface area contributed by atoms with Crippen molar-refractivity contribution in [2.75, 3.05) is 19.0 Å². The third kappa shape index (κ3) is 7.30. The van der Waals surface area contributed by atoms with Crippen molar-refractivity contribution >= 4 is 23.6 Å². The van der Waals surface area contributed by atoms with Gasteiger partial charge in [0.25, 0.3) is 5.91 Å². The van der Waals surface area contributed by atoms with E-state index in [0.29, 0.717) is 41.1 Å². The van der Waals surface area contributed by atoms with Crippen molar-refractivity contribution in [2.45, 2.75) is 25.7 Å². The lowest BCUT2D eigenvalue weighted by molar-refractivity contribution is -0.119. The van der Waals surface area contributed by atoms with Gasteiger partial charge >= 0.3 is 0 Å². The first-order valence-corrected chi connectivity index (χ1v) is 10.3. The number of ether oxygens (including phenoxy) is 2. The van der Waals surface area contributed by atoms with Crippen molar-refractivity contribution in [3.8, 4) is 11.5 Å². The summed E-state index contributed by atoms with van der Waals surface area (Å²) < 4.78 is 24.8. The third-order valence-electron chi connectivity index (χ3n) is 3.59. The number of halogens is 1. The summed E-state index contributed by atoms with van der Waals surface area (Å²) in [5.74, 6) is -0.000777. The van der Waals surface area contributed by atoms with E-state index in [0.717, 1.165) is 11.8 Å². The second-order valence-electron chi connectivity index (χ2n) is 6.52. The number of carbonyl (C=O) groups excluding carboxylic acids is 2. The van der Waals surface area contributed by atoms with Gasteiger partial charge in [-0.15, -0.1) is 11.8 Å². The van der Waals surface area contributed by atoms with Crippen LogP contribution < -0.4 is 20.3 Å². The first-order chi connectivity index (χ1) is 13.9. The molecule has 2 N–H and O–H groups in total. The van der Waals surface area contributed by atoms with Gasteiger partial charge in [-0.3, -0.25) is 20.4 Å². The van der Waals surface area contributed by atoms with Crippen molar-refractivity contribution in [1.82, 2.24) is 10.9 Å². The average molecular weight is 421 g/mol. The maximum absolute atomic E-state index is 13.6. The van der Waals surface area contributed by atoms with E-state index in [9.17, 15) is 14.0 Å². The molecule has 0 atom stereocenters.